The maximum Gasteiger partial charge on any atom is 0.207 e. The van der Waals surface area contributed by atoms with Crippen LogP contribution in [0.1, 0.15) is 5.01 Å². The molecule has 0 aliphatic carbocycles. The highest BCUT2D eigenvalue weighted by atomic mass is 35.5. The Morgan fingerprint density at radius 3 is 2.80 bits per heavy atom. The Bertz CT molecular complexity index is 285. The first-order valence-corrected chi connectivity index (χ1v) is 5.75. The molecule has 0 fully saturated rings. The molecule has 0 aliphatic rings. The molecular weight excluding hydrogens is 238 g/mol. The van der Waals surface area contributed by atoms with Gasteiger partial charge in [0.15, 0.2) is 0 Å². The van der Waals surface area contributed by atoms with Crippen molar-refractivity contribution in [1.29, 1.82) is 0 Å². The quantitative estimate of drug-likeness (QED) is 0.771. The summed E-state index contributed by atoms with van der Waals surface area (Å²) < 4.78 is 5.42. The molecule has 0 atom stereocenters. The van der Waals surface area contributed by atoms with Gasteiger partial charge in [0.1, 0.15) is 5.01 Å². The molecule has 0 unspecified atom stereocenters. The van der Waals surface area contributed by atoms with E-state index >= 15 is 0 Å². The van der Waals surface area contributed by atoms with Gasteiger partial charge in [-0.3, -0.25) is 4.90 Å². The second kappa shape index (κ2) is 7.08. The molecule has 7 heteroatoms. The first-order chi connectivity index (χ1) is 7.26. The van der Waals surface area contributed by atoms with Crippen molar-refractivity contribution < 1.29 is 9.84 Å². The lowest BCUT2D eigenvalue weighted by Gasteiger charge is -2.18. The van der Waals surface area contributed by atoms with Gasteiger partial charge in [-0.2, -0.15) is 0 Å². The highest BCUT2D eigenvalue weighted by Gasteiger charge is 2.08. The van der Waals surface area contributed by atoms with Crippen LogP contribution in [0.25, 0.3) is 0 Å². The molecule has 15 heavy (non-hydrogen) atoms. The molecule has 0 amide bonds. The zero-order valence-corrected chi connectivity index (χ0v) is 10.1. The topological polar surface area (TPSA) is 58.5 Å². The van der Waals surface area contributed by atoms with Crippen LogP contribution in [0.5, 0.6) is 0 Å². The molecule has 1 heterocycles. The molecule has 0 saturated carbocycles. The van der Waals surface area contributed by atoms with Crippen LogP contribution < -0.4 is 0 Å². The number of hydrogen-bond acceptors (Lipinski definition) is 6. The van der Waals surface area contributed by atoms with Gasteiger partial charge in [0.2, 0.25) is 4.47 Å². The summed E-state index contributed by atoms with van der Waals surface area (Å²) in [6, 6.07) is 0. The Balaban J connectivity index is 2.42. The number of nitrogens with zero attached hydrogens (tertiary/aromatic N) is 3. The van der Waals surface area contributed by atoms with Crippen LogP contribution in [0, 0.1) is 0 Å². The molecular formula is C8H14ClN3O2S. The van der Waals surface area contributed by atoms with E-state index < -0.39 is 0 Å². The first-order valence-electron chi connectivity index (χ1n) is 4.56. The fourth-order valence-corrected chi connectivity index (χ4v) is 2.03. The normalized spacial score (nSPS) is 11.2. The highest BCUT2D eigenvalue weighted by Crippen LogP contribution is 2.16. The lowest BCUT2D eigenvalue weighted by molar-refractivity contribution is 0.126. The fraction of sp³-hybridized carbons (Fsp3) is 0.750. The highest BCUT2D eigenvalue weighted by molar-refractivity contribution is 7.15. The maximum atomic E-state index is 8.88. The van der Waals surface area contributed by atoms with Crippen molar-refractivity contribution in [3.05, 3.63) is 9.47 Å². The molecule has 1 N–H and O–H groups in total. The molecule has 86 valence electrons. The van der Waals surface area contributed by atoms with Gasteiger partial charge in [0.05, 0.1) is 19.8 Å². The van der Waals surface area contributed by atoms with Crippen molar-refractivity contribution in [2.24, 2.45) is 0 Å². The van der Waals surface area contributed by atoms with Crippen LogP contribution in [0.15, 0.2) is 0 Å². The second-order valence-electron chi connectivity index (χ2n) is 2.94. The summed E-state index contributed by atoms with van der Waals surface area (Å²) in [6.07, 6.45) is 0. The zero-order chi connectivity index (χ0) is 11.1. The number of aliphatic hydroxyl groups is 1. The van der Waals surface area contributed by atoms with Gasteiger partial charge in [-0.15, -0.1) is 10.2 Å². The van der Waals surface area contributed by atoms with Crippen LogP contribution in [0.4, 0.5) is 0 Å². The Labute approximate surface area is 97.6 Å². The van der Waals surface area contributed by atoms with Gasteiger partial charge in [0.25, 0.3) is 0 Å². The minimum atomic E-state index is 0.121. The molecule has 0 spiro atoms. The van der Waals surface area contributed by atoms with E-state index in [1.54, 1.807) is 7.11 Å². The lowest BCUT2D eigenvalue weighted by Crippen LogP contribution is -2.29. The number of aromatic nitrogens is 2. The smallest absolute Gasteiger partial charge is 0.207 e. The molecule has 0 radical (unpaired) electrons. The first kappa shape index (κ1) is 12.8. The van der Waals surface area contributed by atoms with Gasteiger partial charge in [-0.1, -0.05) is 11.3 Å². The van der Waals surface area contributed by atoms with Crippen molar-refractivity contribution >= 4 is 22.9 Å². The lowest BCUT2D eigenvalue weighted by atomic mass is 10.4. The van der Waals surface area contributed by atoms with E-state index in [2.05, 4.69) is 10.2 Å². The van der Waals surface area contributed by atoms with Crippen molar-refractivity contribution in [2.75, 3.05) is 33.4 Å². The van der Waals surface area contributed by atoms with E-state index in [0.717, 1.165) is 11.6 Å². The van der Waals surface area contributed by atoms with Gasteiger partial charge in [-0.25, -0.2) is 0 Å². The Hall–Kier alpha value is -0.270. The minimum absolute atomic E-state index is 0.121. The van der Waals surface area contributed by atoms with E-state index in [1.807, 2.05) is 4.90 Å². The number of ether oxygens (including phenoxy) is 1. The van der Waals surface area contributed by atoms with Crippen LogP contribution in [0.2, 0.25) is 4.47 Å². The summed E-state index contributed by atoms with van der Waals surface area (Å²) in [5.41, 5.74) is 0. The fourth-order valence-electron chi connectivity index (χ4n) is 1.12. The van der Waals surface area contributed by atoms with E-state index in [4.69, 9.17) is 21.4 Å². The van der Waals surface area contributed by atoms with E-state index in [1.165, 1.54) is 11.3 Å². The number of methoxy groups -OCH3 is 1. The number of aliphatic hydroxyl groups excluding tert-OH is 1. The summed E-state index contributed by atoms with van der Waals surface area (Å²) in [4.78, 5) is 2.04. The van der Waals surface area contributed by atoms with Crippen molar-refractivity contribution in [3.63, 3.8) is 0 Å². The summed E-state index contributed by atoms with van der Waals surface area (Å²) >= 11 is 7.03. The second-order valence-corrected chi connectivity index (χ2v) is 4.59. The maximum absolute atomic E-state index is 8.88. The number of halogens is 1. The van der Waals surface area contributed by atoms with E-state index in [9.17, 15) is 0 Å². The minimum Gasteiger partial charge on any atom is -0.395 e. The third-order valence-corrected chi connectivity index (χ3v) is 2.83. The third kappa shape index (κ3) is 4.85. The van der Waals surface area contributed by atoms with Crippen LogP contribution in [-0.4, -0.2) is 53.6 Å². The Kier molecular flexibility index (Phi) is 6.04. The van der Waals surface area contributed by atoms with Crippen molar-refractivity contribution in [3.8, 4) is 0 Å². The average Bonchev–Trinajstić information content (AvgIpc) is 2.61. The molecule has 1 aromatic heterocycles. The SMILES string of the molecule is COCCN(CCO)Cc1nnc(Cl)s1. The molecule has 0 aliphatic heterocycles. The van der Waals surface area contributed by atoms with Crippen molar-refractivity contribution in [1.82, 2.24) is 15.1 Å². The Morgan fingerprint density at radius 1 is 1.47 bits per heavy atom. The van der Waals surface area contributed by atoms with Crippen LogP contribution in [-0.2, 0) is 11.3 Å². The molecule has 0 saturated heterocycles. The molecule has 5 nitrogen and oxygen atoms in total. The molecule has 0 aromatic carbocycles. The predicted molar refractivity (Wildman–Crippen MR) is 59.2 cm³/mol. The van der Waals surface area contributed by atoms with Gasteiger partial charge in [-0.05, 0) is 11.6 Å². The van der Waals surface area contributed by atoms with E-state index in [-0.39, 0.29) is 6.61 Å². The van der Waals surface area contributed by atoms with Gasteiger partial charge in [0, 0.05) is 20.2 Å². The monoisotopic (exact) mass is 251 g/mol. The summed E-state index contributed by atoms with van der Waals surface area (Å²) in [6.45, 7) is 2.76. The van der Waals surface area contributed by atoms with Crippen molar-refractivity contribution in [2.45, 2.75) is 6.54 Å². The molecule has 1 rings (SSSR count). The summed E-state index contributed by atoms with van der Waals surface area (Å²) in [7, 11) is 1.65. The van der Waals surface area contributed by atoms with Gasteiger partial charge < -0.3 is 9.84 Å². The van der Waals surface area contributed by atoms with Crippen LogP contribution >= 0.6 is 22.9 Å². The van der Waals surface area contributed by atoms with Gasteiger partial charge >= 0.3 is 0 Å². The predicted octanol–water partition coefficient (Wildman–Crippen LogP) is 0.632. The Morgan fingerprint density at radius 2 is 2.27 bits per heavy atom. The molecule has 1 aromatic rings. The largest absolute Gasteiger partial charge is 0.395 e. The zero-order valence-electron chi connectivity index (χ0n) is 8.52. The summed E-state index contributed by atoms with van der Waals surface area (Å²) in [5.74, 6) is 0. The standard InChI is InChI=1S/C8H14ClN3O2S/c1-14-5-3-12(2-4-13)6-7-10-11-8(9)15-7/h13H,2-6H2,1H3. The third-order valence-electron chi connectivity index (χ3n) is 1.83. The number of rotatable bonds is 7. The summed E-state index contributed by atoms with van der Waals surface area (Å²) in [5, 5.41) is 17.4. The van der Waals surface area contributed by atoms with Crippen LogP contribution in [0.3, 0.4) is 0 Å². The average molecular weight is 252 g/mol. The molecule has 0 bridgehead atoms. The van der Waals surface area contributed by atoms with E-state index in [0.29, 0.717) is 24.2 Å². The number of hydrogen-bond donors (Lipinski definition) is 1.